The largest absolute Gasteiger partial charge is 0.508 e. The van der Waals surface area contributed by atoms with Crippen LogP contribution in [0.4, 0.5) is 0 Å². The highest BCUT2D eigenvalue weighted by Crippen LogP contribution is 2.24. The molecule has 1 aromatic heterocycles. The van der Waals surface area contributed by atoms with E-state index in [2.05, 4.69) is 10.5 Å². The second-order valence-electron chi connectivity index (χ2n) is 4.24. The van der Waals surface area contributed by atoms with E-state index < -0.39 is 0 Å². The zero-order valence-electron chi connectivity index (χ0n) is 10.8. The van der Waals surface area contributed by atoms with E-state index in [4.69, 9.17) is 0 Å². The zero-order chi connectivity index (χ0) is 14.5. The minimum Gasteiger partial charge on any atom is -0.508 e. The van der Waals surface area contributed by atoms with Crippen molar-refractivity contribution in [2.24, 2.45) is 5.10 Å². The van der Waals surface area contributed by atoms with Crippen LogP contribution in [0.15, 0.2) is 34.7 Å². The fourth-order valence-electron chi connectivity index (χ4n) is 1.71. The van der Waals surface area contributed by atoms with Gasteiger partial charge in [-0.15, -0.1) is 11.3 Å². The van der Waals surface area contributed by atoms with Crippen LogP contribution in [0.2, 0.25) is 0 Å². The molecule has 2 aromatic rings. The molecule has 2 rings (SSSR count). The Morgan fingerprint density at radius 3 is 2.90 bits per heavy atom. The number of phenols is 2. The number of aryl methyl sites for hydroxylation is 1. The topological polar surface area (TPSA) is 81.9 Å². The minimum atomic E-state index is -0.223. The molecule has 0 saturated heterocycles. The number of nitrogens with zero attached hydrogens (tertiary/aromatic N) is 1. The predicted octanol–water partition coefficient (Wildman–Crippen LogP) is 2.16. The maximum absolute atomic E-state index is 11.6. The summed E-state index contributed by atoms with van der Waals surface area (Å²) in [5.74, 6) is -0.322. The van der Waals surface area contributed by atoms with Crippen molar-refractivity contribution in [3.8, 4) is 11.5 Å². The highest BCUT2D eigenvalue weighted by atomic mass is 32.1. The van der Waals surface area contributed by atoms with Gasteiger partial charge >= 0.3 is 0 Å². The van der Waals surface area contributed by atoms with E-state index in [1.807, 2.05) is 17.5 Å². The lowest BCUT2D eigenvalue weighted by Gasteiger charge is -2.04. The average Bonchev–Trinajstić information content (AvgIpc) is 2.85. The first kappa shape index (κ1) is 14.1. The predicted molar refractivity (Wildman–Crippen MR) is 78.3 cm³/mol. The summed E-state index contributed by atoms with van der Waals surface area (Å²) in [5, 5.41) is 24.7. The number of aromatic hydroxyl groups is 2. The van der Waals surface area contributed by atoms with Gasteiger partial charge in [0.1, 0.15) is 11.5 Å². The number of hydrogen-bond donors (Lipinski definition) is 3. The van der Waals surface area contributed by atoms with Crippen LogP contribution >= 0.6 is 11.3 Å². The second-order valence-corrected chi connectivity index (χ2v) is 5.28. The normalized spacial score (nSPS) is 10.8. The van der Waals surface area contributed by atoms with Gasteiger partial charge in [-0.1, -0.05) is 6.07 Å². The van der Waals surface area contributed by atoms with Crippen LogP contribution in [0.5, 0.6) is 11.5 Å². The number of thiophene rings is 1. The monoisotopic (exact) mass is 290 g/mol. The van der Waals surface area contributed by atoms with Gasteiger partial charge in [0.25, 0.3) is 0 Å². The average molecular weight is 290 g/mol. The molecule has 0 atom stereocenters. The fraction of sp³-hybridized carbons (Fsp3) is 0.143. The van der Waals surface area contributed by atoms with Gasteiger partial charge in [0, 0.05) is 16.5 Å². The van der Waals surface area contributed by atoms with Crippen molar-refractivity contribution in [3.05, 3.63) is 45.6 Å². The maximum atomic E-state index is 11.6. The van der Waals surface area contributed by atoms with Gasteiger partial charge in [-0.25, -0.2) is 5.43 Å². The molecular formula is C14H14N2O3S. The number of hydrazone groups is 1. The van der Waals surface area contributed by atoms with E-state index in [-0.39, 0.29) is 23.8 Å². The molecule has 0 fully saturated rings. The van der Waals surface area contributed by atoms with Crippen molar-refractivity contribution < 1.29 is 15.0 Å². The van der Waals surface area contributed by atoms with Crippen molar-refractivity contribution in [1.82, 2.24) is 5.43 Å². The van der Waals surface area contributed by atoms with Crippen LogP contribution in [0.1, 0.15) is 16.0 Å². The first-order valence-electron chi connectivity index (χ1n) is 5.93. The van der Waals surface area contributed by atoms with E-state index >= 15 is 0 Å². The molecule has 3 N–H and O–H groups in total. The molecule has 0 aliphatic rings. The molecule has 0 aliphatic heterocycles. The summed E-state index contributed by atoms with van der Waals surface area (Å²) >= 11 is 1.51. The molecule has 5 nitrogen and oxygen atoms in total. The van der Waals surface area contributed by atoms with Gasteiger partial charge < -0.3 is 10.2 Å². The number of hydrogen-bond acceptors (Lipinski definition) is 5. The van der Waals surface area contributed by atoms with Crippen molar-refractivity contribution in [3.63, 3.8) is 0 Å². The molecule has 104 valence electrons. The van der Waals surface area contributed by atoms with E-state index in [9.17, 15) is 15.0 Å². The zero-order valence-corrected chi connectivity index (χ0v) is 11.6. The maximum Gasteiger partial charge on any atom is 0.245 e. The second kappa shape index (κ2) is 6.21. The number of nitrogens with one attached hydrogen (secondary N) is 1. The van der Waals surface area contributed by atoms with Crippen LogP contribution in [-0.4, -0.2) is 22.3 Å². The quantitative estimate of drug-likeness (QED) is 0.596. The van der Waals surface area contributed by atoms with Gasteiger partial charge in [-0.3, -0.25) is 4.79 Å². The summed E-state index contributed by atoms with van der Waals surface area (Å²) in [6.07, 6.45) is 1.63. The van der Waals surface area contributed by atoms with Crippen LogP contribution in [0.3, 0.4) is 0 Å². The summed E-state index contributed by atoms with van der Waals surface area (Å²) in [5.41, 5.74) is 3.53. The Bertz CT molecular complexity index is 613. The lowest BCUT2D eigenvalue weighted by molar-refractivity contribution is -0.120. The van der Waals surface area contributed by atoms with Gasteiger partial charge in [0.15, 0.2) is 0 Å². The van der Waals surface area contributed by atoms with Gasteiger partial charge in [-0.2, -0.15) is 5.10 Å². The Hall–Kier alpha value is -2.34. The van der Waals surface area contributed by atoms with Crippen LogP contribution in [0.25, 0.3) is 0 Å². The van der Waals surface area contributed by atoms with Crippen LogP contribution in [-0.2, 0) is 11.2 Å². The fourth-order valence-corrected chi connectivity index (χ4v) is 2.41. The molecule has 1 amide bonds. The summed E-state index contributed by atoms with van der Waals surface area (Å²) in [6.45, 7) is 1.73. The first-order chi connectivity index (χ1) is 9.56. The van der Waals surface area contributed by atoms with Crippen molar-refractivity contribution in [2.45, 2.75) is 13.3 Å². The number of benzene rings is 1. The van der Waals surface area contributed by atoms with Crippen molar-refractivity contribution >= 4 is 23.5 Å². The Morgan fingerprint density at radius 1 is 1.45 bits per heavy atom. The Morgan fingerprint density at radius 2 is 2.25 bits per heavy atom. The molecule has 0 saturated carbocycles. The Balaban J connectivity index is 1.98. The molecule has 1 aromatic carbocycles. The van der Waals surface area contributed by atoms with Gasteiger partial charge in [0.2, 0.25) is 5.91 Å². The number of carbonyl (C=O) groups excluding carboxylic acids is 1. The molecule has 20 heavy (non-hydrogen) atoms. The van der Waals surface area contributed by atoms with Gasteiger partial charge in [0.05, 0.1) is 12.6 Å². The third kappa shape index (κ3) is 3.58. The molecule has 0 aliphatic carbocycles. The smallest absolute Gasteiger partial charge is 0.245 e. The molecule has 0 bridgehead atoms. The molecule has 0 unspecified atom stereocenters. The Labute approximate surface area is 120 Å². The lowest BCUT2D eigenvalue weighted by atomic mass is 10.1. The van der Waals surface area contributed by atoms with Crippen molar-refractivity contribution in [2.75, 3.05) is 0 Å². The lowest BCUT2D eigenvalue weighted by Crippen LogP contribution is -2.19. The molecule has 6 heteroatoms. The summed E-state index contributed by atoms with van der Waals surface area (Å²) < 4.78 is 0. The molecule has 1 heterocycles. The first-order valence-corrected chi connectivity index (χ1v) is 6.81. The highest BCUT2D eigenvalue weighted by Gasteiger charge is 2.06. The molecule has 0 spiro atoms. The SMILES string of the molecule is Cc1cc(O)cc(O)c1C=NNC(=O)Cc1cccs1. The number of carbonyl (C=O) groups is 1. The van der Waals surface area contributed by atoms with Gasteiger partial charge in [-0.05, 0) is 30.0 Å². The Kier molecular flexibility index (Phi) is 4.37. The van der Waals surface area contributed by atoms with E-state index in [0.717, 1.165) is 4.88 Å². The molecular weight excluding hydrogens is 276 g/mol. The number of phenolic OH excluding ortho intramolecular Hbond substituents is 2. The van der Waals surface area contributed by atoms with Crippen LogP contribution < -0.4 is 5.43 Å². The summed E-state index contributed by atoms with van der Waals surface area (Å²) in [6, 6.07) is 6.49. The third-order valence-electron chi connectivity index (χ3n) is 2.65. The molecule has 0 radical (unpaired) electrons. The highest BCUT2D eigenvalue weighted by molar-refractivity contribution is 7.10. The number of rotatable bonds is 4. The number of amides is 1. The van der Waals surface area contributed by atoms with Crippen molar-refractivity contribution in [1.29, 1.82) is 0 Å². The van der Waals surface area contributed by atoms with Crippen LogP contribution in [0, 0.1) is 6.92 Å². The minimum absolute atomic E-state index is 0.0149. The standard InChI is InChI=1S/C14H14N2O3S/c1-9-5-10(17)6-13(18)12(9)8-15-16-14(19)7-11-3-2-4-20-11/h2-6,8,17-18H,7H2,1H3,(H,16,19). The summed E-state index contributed by atoms with van der Waals surface area (Å²) in [4.78, 5) is 12.6. The summed E-state index contributed by atoms with van der Waals surface area (Å²) in [7, 11) is 0. The van der Waals surface area contributed by atoms with E-state index in [1.165, 1.54) is 29.7 Å². The van der Waals surface area contributed by atoms with E-state index in [0.29, 0.717) is 11.1 Å². The third-order valence-corrected chi connectivity index (χ3v) is 3.52. The van der Waals surface area contributed by atoms with E-state index in [1.54, 1.807) is 6.92 Å².